The second-order valence-corrected chi connectivity index (χ2v) is 13.9. The summed E-state index contributed by atoms with van der Waals surface area (Å²) in [4.78, 5) is 80.5. The molecule has 284 valence electrons. The number of hydrazine groups is 1. The van der Waals surface area contributed by atoms with Crippen LogP contribution in [0.15, 0.2) is 0 Å². The van der Waals surface area contributed by atoms with E-state index in [1.165, 1.54) is 12.1 Å². The lowest BCUT2D eigenvalue weighted by atomic mass is 10.0. The predicted octanol–water partition coefficient (Wildman–Crippen LogP) is 0.678. The van der Waals surface area contributed by atoms with Crippen molar-refractivity contribution in [2.75, 3.05) is 46.8 Å². The summed E-state index contributed by atoms with van der Waals surface area (Å²) in [5.74, 6) is -1.61. The van der Waals surface area contributed by atoms with Crippen LogP contribution in [0.3, 0.4) is 0 Å². The van der Waals surface area contributed by atoms with Crippen LogP contribution in [0, 0.1) is 17.8 Å². The molecule has 0 aromatic heterocycles. The Kier molecular flexibility index (Phi) is 15.3. The van der Waals surface area contributed by atoms with E-state index in [-0.39, 0.29) is 49.2 Å². The van der Waals surface area contributed by atoms with E-state index in [0.29, 0.717) is 45.4 Å². The van der Waals surface area contributed by atoms with Gasteiger partial charge in [0, 0.05) is 26.2 Å². The lowest BCUT2D eigenvalue weighted by Crippen LogP contribution is -2.56. The number of nitrogens with one attached hydrogen (secondary N) is 4. The number of nitrogens with zero attached hydrogens (tertiary/aromatic N) is 4. The Labute approximate surface area is 294 Å². The molecule has 18 nitrogen and oxygen atoms in total. The Bertz CT molecular complexity index is 1200. The third-order valence-electron chi connectivity index (χ3n) is 9.17. The van der Waals surface area contributed by atoms with Gasteiger partial charge in [0.2, 0.25) is 11.8 Å². The number of amides is 6. The van der Waals surface area contributed by atoms with Crippen LogP contribution in [0.25, 0.3) is 0 Å². The molecule has 0 aromatic carbocycles. The average Bonchev–Trinajstić information content (AvgIpc) is 3.84. The molecule has 50 heavy (non-hydrogen) atoms. The molecular weight excluding hydrogens is 654 g/mol. The number of carbonyl (C=O) groups is 6. The molecule has 18 heteroatoms. The molecule has 6 amide bonds. The zero-order valence-electron chi connectivity index (χ0n) is 30.4. The van der Waals surface area contributed by atoms with Gasteiger partial charge in [0.05, 0.1) is 19.4 Å². The Morgan fingerprint density at radius 1 is 0.660 bits per heavy atom. The van der Waals surface area contributed by atoms with E-state index in [0.717, 1.165) is 12.8 Å². The molecule has 0 spiro atoms. The van der Waals surface area contributed by atoms with Crippen molar-refractivity contribution in [1.29, 1.82) is 0 Å². The molecule has 0 aromatic rings. The van der Waals surface area contributed by atoms with Crippen LogP contribution in [0.2, 0.25) is 0 Å². The van der Waals surface area contributed by atoms with Gasteiger partial charge in [-0.15, -0.1) is 0 Å². The molecule has 0 bridgehead atoms. The van der Waals surface area contributed by atoms with Crippen molar-refractivity contribution >= 4 is 36.0 Å². The Hall–Kier alpha value is -3.90. The van der Waals surface area contributed by atoms with Crippen LogP contribution >= 0.6 is 0 Å². The number of likely N-dealkylation sites (tertiary alicyclic amines) is 2. The highest BCUT2D eigenvalue weighted by Crippen LogP contribution is 2.20. The van der Waals surface area contributed by atoms with E-state index >= 15 is 0 Å². The van der Waals surface area contributed by atoms with Crippen molar-refractivity contribution in [3.63, 3.8) is 0 Å². The summed E-state index contributed by atoms with van der Waals surface area (Å²) in [6.45, 7) is 12.2. The molecule has 6 N–H and O–H groups in total. The van der Waals surface area contributed by atoms with Crippen LogP contribution in [0.5, 0.6) is 0 Å². The second kappa shape index (κ2) is 18.9. The van der Waals surface area contributed by atoms with Gasteiger partial charge in [-0.25, -0.2) is 14.4 Å². The summed E-state index contributed by atoms with van der Waals surface area (Å²) < 4.78 is 15.4. The van der Waals surface area contributed by atoms with Crippen LogP contribution in [0.1, 0.15) is 73.6 Å². The lowest BCUT2D eigenvalue weighted by Gasteiger charge is -2.33. The minimum Gasteiger partial charge on any atom is -0.453 e. The molecule has 3 heterocycles. The maximum Gasteiger partial charge on any atom is 0.409 e. The van der Waals surface area contributed by atoms with Crippen LogP contribution < -0.4 is 27.0 Å². The van der Waals surface area contributed by atoms with Crippen molar-refractivity contribution in [3.05, 3.63) is 0 Å². The van der Waals surface area contributed by atoms with Crippen molar-refractivity contribution < 1.29 is 43.0 Å². The largest absolute Gasteiger partial charge is 0.453 e. The lowest BCUT2D eigenvalue weighted by molar-refractivity contribution is -0.152. The molecule has 0 saturated carbocycles. The predicted molar refractivity (Wildman–Crippen MR) is 180 cm³/mol. The Morgan fingerprint density at radius 3 is 1.74 bits per heavy atom. The first-order chi connectivity index (χ1) is 23.7. The number of ether oxygens (including phenoxy) is 3. The van der Waals surface area contributed by atoms with Crippen molar-refractivity contribution in [1.82, 2.24) is 41.1 Å². The van der Waals surface area contributed by atoms with Gasteiger partial charge >= 0.3 is 18.3 Å². The zero-order valence-corrected chi connectivity index (χ0v) is 30.4. The van der Waals surface area contributed by atoms with Crippen LogP contribution in [0.4, 0.5) is 14.4 Å². The van der Waals surface area contributed by atoms with E-state index in [1.54, 1.807) is 28.7 Å². The van der Waals surface area contributed by atoms with Gasteiger partial charge in [-0.1, -0.05) is 41.5 Å². The van der Waals surface area contributed by atoms with Crippen molar-refractivity contribution in [3.8, 4) is 0 Å². The molecule has 3 fully saturated rings. The van der Waals surface area contributed by atoms with Crippen LogP contribution in [-0.4, -0.2) is 133 Å². The Balaban J connectivity index is 1.50. The molecule has 3 aliphatic heterocycles. The molecule has 0 radical (unpaired) electrons. The number of nitrogens with two attached hydrogens (primary N) is 1. The third kappa shape index (κ3) is 10.8. The monoisotopic (exact) mass is 711 g/mol. The fraction of sp³-hybridized carbons (Fsp3) is 0.812. The van der Waals surface area contributed by atoms with E-state index in [4.69, 9.17) is 15.2 Å². The molecular formula is C32H57N9O9. The third-order valence-corrected chi connectivity index (χ3v) is 9.17. The van der Waals surface area contributed by atoms with Gasteiger partial charge in [-0.2, -0.15) is 5.01 Å². The highest BCUT2D eigenvalue weighted by Gasteiger charge is 2.38. The smallest absolute Gasteiger partial charge is 0.409 e. The second-order valence-electron chi connectivity index (χ2n) is 13.9. The van der Waals surface area contributed by atoms with Gasteiger partial charge in [-0.05, 0) is 49.9 Å². The fourth-order valence-corrected chi connectivity index (χ4v) is 6.28. The highest BCUT2D eigenvalue weighted by atomic mass is 16.6. The van der Waals surface area contributed by atoms with Crippen molar-refractivity contribution in [2.24, 2.45) is 23.5 Å². The normalized spacial score (nSPS) is 21.3. The minimum absolute atomic E-state index is 0.182. The summed E-state index contributed by atoms with van der Waals surface area (Å²) in [6, 6.07) is -2.53. The number of hydrogen-bond acceptors (Lipinski definition) is 12. The molecule has 5 atom stereocenters. The van der Waals surface area contributed by atoms with E-state index in [1.807, 2.05) is 27.7 Å². The number of alkyl carbamates (subject to hydrolysis) is 3. The van der Waals surface area contributed by atoms with Gasteiger partial charge in [0.15, 0.2) is 6.73 Å². The quantitative estimate of drug-likeness (QED) is 0.124. The first-order valence-corrected chi connectivity index (χ1v) is 17.5. The van der Waals surface area contributed by atoms with Crippen LogP contribution in [-0.2, 0) is 28.6 Å². The van der Waals surface area contributed by atoms with Gasteiger partial charge in [0.25, 0.3) is 5.91 Å². The molecule has 3 saturated heterocycles. The summed E-state index contributed by atoms with van der Waals surface area (Å²) in [5.41, 5.74) is 6.06. The standard InChI is InChI=1S/C32H57N9O9/c1-19(2)24(27(42)39-14-8-11-22(39)33)36-32(47)50-18-38-13-10-16-41(38)29(44)26(21(5)6)37-31(46)49-17-34-23-12-9-15-40(23)28(43)25(20(3)4)35-30(45)48-7/h19-26,34H,8-18,33H2,1-7H3,(H,35,45)(H,36,47)(H,37,46)/t22-,23-,24-,25+,26+/m0/s1. The summed E-state index contributed by atoms with van der Waals surface area (Å²) in [5, 5.41) is 14.0. The Morgan fingerprint density at radius 2 is 1.18 bits per heavy atom. The highest BCUT2D eigenvalue weighted by molar-refractivity contribution is 5.87. The van der Waals surface area contributed by atoms with Gasteiger partial charge in [-0.3, -0.25) is 24.7 Å². The fourth-order valence-electron chi connectivity index (χ4n) is 6.28. The first kappa shape index (κ1) is 40.5. The van der Waals surface area contributed by atoms with Gasteiger partial charge in [0.1, 0.15) is 24.9 Å². The molecule has 0 unspecified atom stereocenters. The maximum absolute atomic E-state index is 13.6. The van der Waals surface area contributed by atoms with Gasteiger partial charge < -0.3 is 45.7 Å². The number of rotatable bonds is 14. The summed E-state index contributed by atoms with van der Waals surface area (Å²) >= 11 is 0. The molecule has 3 rings (SSSR count). The molecule has 3 aliphatic rings. The number of hydrogen-bond donors (Lipinski definition) is 5. The zero-order chi connectivity index (χ0) is 37.1. The minimum atomic E-state index is -0.940. The summed E-state index contributed by atoms with van der Waals surface area (Å²) in [7, 11) is 1.23. The maximum atomic E-state index is 13.6. The first-order valence-electron chi connectivity index (χ1n) is 17.5. The van der Waals surface area contributed by atoms with E-state index in [2.05, 4.69) is 26.0 Å². The SMILES string of the molecule is COC(=O)N[C@@H](C(=O)N1CCC[C@H]1NCOC(=O)N[C@@H](C(=O)N1CCCN1COC(=O)N[C@H](C(=O)N1CCC[C@H]1N)C(C)C)C(C)C)C(C)C. The topological polar surface area (TPSA) is 217 Å². The summed E-state index contributed by atoms with van der Waals surface area (Å²) in [6.07, 6.45) is 0.383. The number of carbonyl (C=O) groups excluding carboxylic acids is 6. The number of methoxy groups -OCH3 is 1. The van der Waals surface area contributed by atoms with E-state index in [9.17, 15) is 28.8 Å². The van der Waals surface area contributed by atoms with E-state index < -0.39 is 48.5 Å². The average molecular weight is 712 g/mol. The van der Waals surface area contributed by atoms with Crippen molar-refractivity contribution in [2.45, 2.75) is 104 Å². The molecule has 0 aliphatic carbocycles.